The van der Waals surface area contributed by atoms with Gasteiger partial charge in [-0.15, -0.1) is 0 Å². The number of rotatable bonds is 7. The molecule has 4 aliphatic rings. The van der Waals surface area contributed by atoms with Gasteiger partial charge in [0.05, 0.1) is 5.41 Å². The minimum Gasteiger partial charge on any atom is -0.480 e. The van der Waals surface area contributed by atoms with Crippen LogP contribution in [-0.2, 0) is 14.3 Å². The molecule has 4 atom stereocenters. The summed E-state index contributed by atoms with van der Waals surface area (Å²) in [5, 5.41) is 15.1. The van der Waals surface area contributed by atoms with Gasteiger partial charge in [0.2, 0.25) is 5.91 Å². The monoisotopic (exact) mass is 460 g/mol. The van der Waals surface area contributed by atoms with Gasteiger partial charge in [0.15, 0.2) is 0 Å². The number of amides is 2. The maximum absolute atomic E-state index is 12.9. The smallest absolute Gasteiger partial charge is 0.407 e. The van der Waals surface area contributed by atoms with Gasteiger partial charge in [0, 0.05) is 12.0 Å². The molecule has 2 aromatic carbocycles. The summed E-state index contributed by atoms with van der Waals surface area (Å²) in [7, 11) is 0. The molecule has 3 N–H and O–H groups in total. The first-order valence-corrected chi connectivity index (χ1v) is 12.1. The van der Waals surface area contributed by atoms with Crippen LogP contribution in [0, 0.1) is 17.3 Å². The zero-order chi connectivity index (χ0) is 23.4. The molecule has 4 aliphatic carbocycles. The average Bonchev–Trinajstić information content (AvgIpc) is 3.73. The van der Waals surface area contributed by atoms with E-state index in [9.17, 15) is 19.5 Å². The Bertz CT molecular complexity index is 1130. The standard InChI is InChI=1S/C27H28N2O5/c30-24(31)23(15-9-10-15)29-25(32)27-12-16(27)11-17(13-27)28-26(33)34-14-22-20-7-3-1-5-18(20)19-6-2-4-8-21(19)22/h1-8,15-17,22-23H,9-14H2,(H,28,33)(H,29,32)(H,30,31). The molecule has 0 heterocycles. The number of hydrogen-bond acceptors (Lipinski definition) is 4. The molecule has 0 saturated heterocycles. The van der Waals surface area contributed by atoms with Crippen LogP contribution in [0.15, 0.2) is 48.5 Å². The van der Waals surface area contributed by atoms with Gasteiger partial charge in [-0.25, -0.2) is 9.59 Å². The highest BCUT2D eigenvalue weighted by Crippen LogP contribution is 2.63. The fraction of sp³-hybridized carbons (Fsp3) is 0.444. The number of benzene rings is 2. The number of alkyl carbamates (subject to hydrolysis) is 1. The molecule has 176 valence electrons. The van der Waals surface area contributed by atoms with E-state index >= 15 is 0 Å². The minimum absolute atomic E-state index is 0.00243. The molecule has 0 radical (unpaired) electrons. The maximum atomic E-state index is 12.9. The Morgan fingerprint density at radius 2 is 1.65 bits per heavy atom. The third-order valence-corrected chi connectivity index (χ3v) is 8.18. The second kappa shape index (κ2) is 7.86. The first-order chi connectivity index (χ1) is 16.5. The number of carbonyl (C=O) groups is 3. The van der Waals surface area contributed by atoms with Gasteiger partial charge < -0.3 is 20.5 Å². The Morgan fingerprint density at radius 3 is 2.26 bits per heavy atom. The molecule has 2 aromatic rings. The van der Waals surface area contributed by atoms with Crippen molar-refractivity contribution in [1.29, 1.82) is 0 Å². The number of aliphatic carboxylic acids is 1. The van der Waals surface area contributed by atoms with Crippen molar-refractivity contribution in [2.75, 3.05) is 6.61 Å². The van der Waals surface area contributed by atoms with E-state index in [0.717, 1.165) is 36.8 Å². The normalized spacial score (nSPS) is 27.2. The van der Waals surface area contributed by atoms with E-state index in [2.05, 4.69) is 34.9 Å². The summed E-state index contributed by atoms with van der Waals surface area (Å²) in [6.07, 6.45) is 3.24. The van der Waals surface area contributed by atoms with Crippen LogP contribution < -0.4 is 10.6 Å². The molecule has 3 fully saturated rings. The summed E-state index contributed by atoms with van der Waals surface area (Å²) < 4.78 is 5.65. The minimum atomic E-state index is -0.962. The lowest BCUT2D eigenvalue weighted by Gasteiger charge is -2.21. The van der Waals surface area contributed by atoms with Gasteiger partial charge in [-0.05, 0) is 66.2 Å². The van der Waals surface area contributed by atoms with E-state index in [4.69, 9.17) is 4.74 Å². The lowest BCUT2D eigenvalue weighted by Crippen LogP contribution is -2.46. The summed E-state index contributed by atoms with van der Waals surface area (Å²) in [6.45, 7) is 0.253. The number of carbonyl (C=O) groups excluding carboxylic acids is 2. The van der Waals surface area contributed by atoms with Crippen molar-refractivity contribution in [3.8, 4) is 11.1 Å². The van der Waals surface area contributed by atoms with Crippen LogP contribution >= 0.6 is 0 Å². The number of carboxylic acids is 1. The zero-order valence-corrected chi connectivity index (χ0v) is 18.8. The number of carboxylic acid groups (broad SMARTS) is 1. The molecule has 4 unspecified atom stereocenters. The van der Waals surface area contributed by atoms with Crippen molar-refractivity contribution in [1.82, 2.24) is 10.6 Å². The Hall–Kier alpha value is -3.35. The highest BCUT2D eigenvalue weighted by atomic mass is 16.5. The third-order valence-electron chi connectivity index (χ3n) is 8.18. The lowest BCUT2D eigenvalue weighted by atomic mass is 9.98. The fourth-order valence-electron chi connectivity index (χ4n) is 6.19. The van der Waals surface area contributed by atoms with Crippen LogP contribution in [0.25, 0.3) is 11.1 Å². The third kappa shape index (κ3) is 3.54. The molecule has 0 aromatic heterocycles. The average molecular weight is 461 g/mol. The van der Waals surface area contributed by atoms with Crippen LogP contribution in [0.4, 0.5) is 4.79 Å². The molecular weight excluding hydrogens is 432 g/mol. The number of nitrogens with one attached hydrogen (secondary N) is 2. The molecule has 2 amide bonds. The quantitative estimate of drug-likeness (QED) is 0.585. The predicted octanol–water partition coefficient (Wildman–Crippen LogP) is 3.67. The van der Waals surface area contributed by atoms with Crippen molar-refractivity contribution in [3.05, 3.63) is 59.7 Å². The first-order valence-electron chi connectivity index (χ1n) is 12.1. The van der Waals surface area contributed by atoms with Gasteiger partial charge in [-0.3, -0.25) is 4.79 Å². The predicted molar refractivity (Wildman–Crippen MR) is 124 cm³/mol. The Labute approximate surface area is 197 Å². The van der Waals surface area contributed by atoms with Gasteiger partial charge in [-0.2, -0.15) is 0 Å². The zero-order valence-electron chi connectivity index (χ0n) is 18.8. The van der Waals surface area contributed by atoms with Crippen molar-refractivity contribution < 1.29 is 24.2 Å². The molecule has 7 heteroatoms. The first kappa shape index (κ1) is 21.2. The van der Waals surface area contributed by atoms with Gasteiger partial charge in [0.1, 0.15) is 12.6 Å². The van der Waals surface area contributed by atoms with Crippen molar-refractivity contribution in [3.63, 3.8) is 0 Å². The highest BCUT2D eigenvalue weighted by Gasteiger charge is 2.65. The molecule has 3 saturated carbocycles. The summed E-state index contributed by atoms with van der Waals surface area (Å²) in [5.74, 6) is -0.891. The van der Waals surface area contributed by atoms with Gasteiger partial charge >= 0.3 is 12.1 Å². The molecule has 7 nitrogen and oxygen atoms in total. The van der Waals surface area contributed by atoms with Gasteiger partial charge in [-0.1, -0.05) is 48.5 Å². The number of ether oxygens (including phenoxy) is 1. The molecule has 0 bridgehead atoms. The van der Waals surface area contributed by atoms with E-state index in [0.29, 0.717) is 6.42 Å². The summed E-state index contributed by atoms with van der Waals surface area (Å²) in [4.78, 5) is 37.0. The summed E-state index contributed by atoms with van der Waals surface area (Å²) in [6, 6.07) is 15.5. The van der Waals surface area contributed by atoms with Crippen molar-refractivity contribution in [2.24, 2.45) is 17.3 Å². The van der Waals surface area contributed by atoms with E-state index in [1.807, 2.05) is 24.3 Å². The number of fused-ring (bicyclic) bond motifs is 4. The maximum Gasteiger partial charge on any atom is 0.407 e. The van der Waals surface area contributed by atoms with Crippen LogP contribution in [0.2, 0.25) is 0 Å². The lowest BCUT2D eigenvalue weighted by molar-refractivity contribution is -0.143. The molecular formula is C27H28N2O5. The van der Waals surface area contributed by atoms with Crippen LogP contribution in [0.3, 0.4) is 0 Å². The SMILES string of the molecule is O=C(NC1CC2CC2(C(=O)NC(C(=O)O)C2CC2)C1)OCC1c2ccccc2-c2ccccc21. The largest absolute Gasteiger partial charge is 0.480 e. The van der Waals surface area contributed by atoms with Crippen molar-refractivity contribution >= 4 is 18.0 Å². The van der Waals surface area contributed by atoms with E-state index in [-0.39, 0.29) is 36.3 Å². The summed E-state index contributed by atoms with van der Waals surface area (Å²) in [5.41, 5.74) is 4.16. The Morgan fingerprint density at radius 1 is 1.00 bits per heavy atom. The topological polar surface area (TPSA) is 105 Å². The summed E-state index contributed by atoms with van der Waals surface area (Å²) >= 11 is 0. The fourth-order valence-corrected chi connectivity index (χ4v) is 6.19. The van der Waals surface area contributed by atoms with Crippen LogP contribution in [-0.4, -0.2) is 41.8 Å². The Balaban J connectivity index is 1.05. The second-order valence-corrected chi connectivity index (χ2v) is 10.3. The van der Waals surface area contributed by atoms with Crippen LogP contribution in [0.5, 0.6) is 0 Å². The van der Waals surface area contributed by atoms with E-state index < -0.39 is 23.5 Å². The molecule has 0 spiro atoms. The van der Waals surface area contributed by atoms with Crippen molar-refractivity contribution in [2.45, 2.75) is 50.1 Å². The van der Waals surface area contributed by atoms with E-state index in [1.54, 1.807) is 0 Å². The van der Waals surface area contributed by atoms with Gasteiger partial charge in [0.25, 0.3) is 0 Å². The highest BCUT2D eigenvalue weighted by molar-refractivity contribution is 5.90. The van der Waals surface area contributed by atoms with Crippen LogP contribution in [0.1, 0.15) is 49.1 Å². The Kier molecular flexibility index (Phi) is 4.90. The molecule has 34 heavy (non-hydrogen) atoms. The number of hydrogen-bond donors (Lipinski definition) is 3. The second-order valence-electron chi connectivity index (χ2n) is 10.3. The van der Waals surface area contributed by atoms with E-state index in [1.165, 1.54) is 11.1 Å². The molecule has 0 aliphatic heterocycles. The molecule has 6 rings (SSSR count).